The van der Waals surface area contributed by atoms with Crippen LogP contribution in [0.3, 0.4) is 0 Å². The van der Waals surface area contributed by atoms with Crippen molar-refractivity contribution in [2.24, 2.45) is 5.73 Å². The van der Waals surface area contributed by atoms with Crippen molar-refractivity contribution in [2.75, 3.05) is 40.8 Å². The molecule has 6 heteroatoms. The predicted molar refractivity (Wildman–Crippen MR) is 113 cm³/mol. The van der Waals surface area contributed by atoms with E-state index in [1.54, 1.807) is 11.9 Å². The lowest BCUT2D eigenvalue weighted by Crippen LogP contribution is -2.32. The Morgan fingerprint density at radius 3 is 2.36 bits per heavy atom. The molecule has 0 aliphatic carbocycles. The van der Waals surface area contributed by atoms with Gasteiger partial charge < -0.3 is 20.9 Å². The van der Waals surface area contributed by atoms with Crippen LogP contribution in [0.15, 0.2) is 48.5 Å². The van der Waals surface area contributed by atoms with E-state index in [1.807, 2.05) is 56.6 Å². The molecule has 0 saturated carbocycles. The van der Waals surface area contributed by atoms with Gasteiger partial charge in [0.2, 0.25) is 5.91 Å². The second-order valence-electron chi connectivity index (χ2n) is 7.14. The Kier molecular flexibility index (Phi) is 8.17. The molecule has 0 spiro atoms. The summed E-state index contributed by atoms with van der Waals surface area (Å²) in [4.78, 5) is 27.6. The van der Waals surface area contributed by atoms with E-state index in [4.69, 9.17) is 5.73 Å². The van der Waals surface area contributed by atoms with Crippen LogP contribution < -0.4 is 11.1 Å². The number of likely N-dealkylation sites (N-methyl/N-ethyl adjacent to an activating group) is 1. The van der Waals surface area contributed by atoms with Gasteiger partial charge in [-0.3, -0.25) is 9.59 Å². The maximum atomic E-state index is 12.2. The number of rotatable bonds is 9. The first kappa shape index (κ1) is 21.6. The van der Waals surface area contributed by atoms with Gasteiger partial charge in [0, 0.05) is 25.7 Å². The van der Waals surface area contributed by atoms with Gasteiger partial charge in [-0.25, -0.2) is 0 Å². The molecule has 150 valence electrons. The highest BCUT2D eigenvalue weighted by Gasteiger charge is 2.09. The van der Waals surface area contributed by atoms with Gasteiger partial charge in [-0.15, -0.1) is 0 Å². The Morgan fingerprint density at radius 1 is 1.00 bits per heavy atom. The number of hydrogen-bond acceptors (Lipinski definition) is 4. The van der Waals surface area contributed by atoms with Crippen molar-refractivity contribution in [1.29, 1.82) is 0 Å². The number of carbonyl (C=O) groups is 2. The van der Waals surface area contributed by atoms with Crippen molar-refractivity contribution in [1.82, 2.24) is 15.1 Å². The molecule has 2 aromatic rings. The predicted octanol–water partition coefficient (Wildman–Crippen LogP) is 1.95. The van der Waals surface area contributed by atoms with Gasteiger partial charge in [0.05, 0.1) is 6.54 Å². The highest BCUT2D eigenvalue weighted by molar-refractivity contribution is 5.94. The number of nitrogens with two attached hydrogens (primary N) is 1. The summed E-state index contributed by atoms with van der Waals surface area (Å²) in [6.45, 7) is 2.13. The van der Waals surface area contributed by atoms with Crippen LogP contribution in [0.2, 0.25) is 0 Å². The normalized spacial score (nSPS) is 10.8. The second kappa shape index (κ2) is 10.6. The molecular weight excluding hydrogens is 352 g/mol. The lowest BCUT2D eigenvalue weighted by molar-refractivity contribution is -0.128. The number of nitrogens with zero attached hydrogens (tertiary/aromatic N) is 2. The van der Waals surface area contributed by atoms with Gasteiger partial charge in [-0.2, -0.15) is 0 Å². The Bertz CT molecular complexity index is 787. The third-order valence-corrected chi connectivity index (χ3v) is 4.50. The minimum absolute atomic E-state index is 0.00879. The van der Waals surface area contributed by atoms with E-state index in [0.717, 1.165) is 29.7 Å². The summed E-state index contributed by atoms with van der Waals surface area (Å²) in [5.41, 5.74) is 9.17. The summed E-state index contributed by atoms with van der Waals surface area (Å²) in [6, 6.07) is 15.6. The lowest BCUT2D eigenvalue weighted by atomic mass is 10.0. The topological polar surface area (TPSA) is 78.7 Å². The molecule has 0 aromatic heterocycles. The van der Waals surface area contributed by atoms with Crippen molar-refractivity contribution in [3.63, 3.8) is 0 Å². The van der Waals surface area contributed by atoms with Gasteiger partial charge >= 0.3 is 0 Å². The molecule has 0 aliphatic heterocycles. The van der Waals surface area contributed by atoms with Crippen molar-refractivity contribution in [3.05, 3.63) is 59.7 Å². The number of hydrogen-bond donors (Lipinski definition) is 2. The zero-order chi connectivity index (χ0) is 20.5. The Hall–Kier alpha value is -2.70. The quantitative estimate of drug-likeness (QED) is 0.650. The highest BCUT2D eigenvalue weighted by Crippen LogP contribution is 2.21. The van der Waals surface area contributed by atoms with Crippen LogP contribution in [0.5, 0.6) is 0 Å². The van der Waals surface area contributed by atoms with Crippen molar-refractivity contribution in [2.45, 2.75) is 13.0 Å². The van der Waals surface area contributed by atoms with Gasteiger partial charge in [0.1, 0.15) is 0 Å². The summed E-state index contributed by atoms with van der Waals surface area (Å²) in [5, 5.41) is 2.95. The summed E-state index contributed by atoms with van der Waals surface area (Å²) in [5.74, 6) is -0.146. The third-order valence-electron chi connectivity index (χ3n) is 4.50. The van der Waals surface area contributed by atoms with Gasteiger partial charge in [0.25, 0.3) is 5.91 Å². The standard InChI is InChI=1S/C22H30N4O2/c1-25(2)13-5-12-24-22(28)19-10-8-18(9-11-19)20-7-4-6-17(14-20)16-26(3)21(27)15-23/h4,6-11,14H,5,12-13,15-16,23H2,1-3H3,(H,24,28). The molecule has 0 atom stereocenters. The fraction of sp³-hybridized carbons (Fsp3) is 0.364. The van der Waals surface area contributed by atoms with Crippen LogP contribution in [0.25, 0.3) is 11.1 Å². The summed E-state index contributed by atoms with van der Waals surface area (Å²) >= 11 is 0. The van der Waals surface area contributed by atoms with Gasteiger partial charge in [-0.1, -0.05) is 30.3 Å². The Labute approximate surface area is 167 Å². The molecular formula is C22H30N4O2. The molecule has 6 nitrogen and oxygen atoms in total. The number of nitrogens with one attached hydrogen (secondary N) is 1. The molecule has 0 heterocycles. The molecule has 0 bridgehead atoms. The third kappa shape index (κ3) is 6.48. The number of carbonyl (C=O) groups excluding carboxylic acids is 2. The number of amides is 2. The average Bonchev–Trinajstić information content (AvgIpc) is 2.70. The van der Waals surface area contributed by atoms with Crippen molar-refractivity contribution < 1.29 is 9.59 Å². The van der Waals surface area contributed by atoms with Gasteiger partial charge in [0.15, 0.2) is 0 Å². The molecule has 2 amide bonds. The zero-order valence-electron chi connectivity index (χ0n) is 16.9. The molecule has 0 unspecified atom stereocenters. The monoisotopic (exact) mass is 382 g/mol. The second-order valence-corrected chi connectivity index (χ2v) is 7.14. The van der Waals surface area contributed by atoms with Crippen LogP contribution in [0.1, 0.15) is 22.3 Å². The van der Waals surface area contributed by atoms with Crippen LogP contribution in [-0.2, 0) is 11.3 Å². The maximum absolute atomic E-state index is 12.2. The molecule has 2 aromatic carbocycles. The summed E-state index contributed by atoms with van der Waals surface area (Å²) in [6.07, 6.45) is 0.921. The van der Waals surface area contributed by atoms with Crippen molar-refractivity contribution in [3.8, 4) is 11.1 Å². The van der Waals surface area contributed by atoms with E-state index < -0.39 is 0 Å². The molecule has 3 N–H and O–H groups in total. The average molecular weight is 383 g/mol. The van der Waals surface area contributed by atoms with Gasteiger partial charge in [-0.05, 0) is 62.0 Å². The Balaban J connectivity index is 2.00. The molecule has 0 fully saturated rings. The smallest absolute Gasteiger partial charge is 0.251 e. The fourth-order valence-electron chi connectivity index (χ4n) is 2.88. The summed E-state index contributed by atoms with van der Waals surface area (Å²) in [7, 11) is 5.78. The summed E-state index contributed by atoms with van der Waals surface area (Å²) < 4.78 is 0. The van der Waals surface area contributed by atoms with Crippen LogP contribution in [-0.4, -0.2) is 62.4 Å². The van der Waals surface area contributed by atoms with E-state index in [0.29, 0.717) is 18.7 Å². The minimum atomic E-state index is -0.0913. The first-order valence-corrected chi connectivity index (χ1v) is 9.47. The van der Waals surface area contributed by atoms with Crippen molar-refractivity contribution >= 4 is 11.8 Å². The Morgan fingerprint density at radius 2 is 1.71 bits per heavy atom. The lowest BCUT2D eigenvalue weighted by Gasteiger charge is -2.16. The molecule has 0 radical (unpaired) electrons. The van der Waals surface area contributed by atoms with Crippen LogP contribution >= 0.6 is 0 Å². The first-order valence-electron chi connectivity index (χ1n) is 9.47. The van der Waals surface area contributed by atoms with E-state index in [1.165, 1.54) is 0 Å². The molecule has 28 heavy (non-hydrogen) atoms. The van der Waals surface area contributed by atoms with Crippen LogP contribution in [0, 0.1) is 0 Å². The number of benzene rings is 2. The SMILES string of the molecule is CN(C)CCCNC(=O)c1ccc(-c2cccc(CN(C)C(=O)CN)c2)cc1. The molecule has 0 saturated heterocycles. The first-order chi connectivity index (χ1) is 13.4. The zero-order valence-corrected chi connectivity index (χ0v) is 16.9. The molecule has 2 rings (SSSR count). The largest absolute Gasteiger partial charge is 0.352 e. The fourth-order valence-corrected chi connectivity index (χ4v) is 2.88. The van der Waals surface area contributed by atoms with Crippen LogP contribution in [0.4, 0.5) is 0 Å². The van der Waals surface area contributed by atoms with E-state index in [9.17, 15) is 9.59 Å². The van der Waals surface area contributed by atoms with E-state index >= 15 is 0 Å². The molecule has 0 aliphatic rings. The van der Waals surface area contributed by atoms with E-state index in [-0.39, 0.29) is 18.4 Å². The highest BCUT2D eigenvalue weighted by atomic mass is 16.2. The van der Waals surface area contributed by atoms with E-state index in [2.05, 4.69) is 16.3 Å². The maximum Gasteiger partial charge on any atom is 0.251 e. The minimum Gasteiger partial charge on any atom is -0.352 e.